The Balaban J connectivity index is 3.11. The van der Waals surface area contributed by atoms with Crippen LogP contribution in [-0.4, -0.2) is 13.2 Å². The molecule has 100 valence electrons. The molecule has 0 aliphatic heterocycles. The number of nitrogens with zero attached hydrogens (tertiary/aromatic N) is 1. The zero-order valence-electron chi connectivity index (χ0n) is 9.76. The molecule has 1 aromatic carbocycles. The van der Waals surface area contributed by atoms with Crippen molar-refractivity contribution in [3.8, 4) is 0 Å². The summed E-state index contributed by atoms with van der Waals surface area (Å²) in [4.78, 5) is 0. The smallest absolute Gasteiger partial charge is 0.171 e. The van der Waals surface area contributed by atoms with Crippen molar-refractivity contribution in [2.45, 2.75) is 12.6 Å². The highest BCUT2D eigenvalue weighted by atomic mass is 127. The molecule has 0 amide bonds. The number of allylic oxidation sites excluding steroid dienone is 1. The summed E-state index contributed by atoms with van der Waals surface area (Å²) in [6, 6.07) is 4.86. The Kier molecular flexibility index (Phi) is 4.42. The average Bonchev–Trinajstić information content (AvgIpc) is 2.12. The van der Waals surface area contributed by atoms with E-state index in [-0.39, 0.29) is 5.57 Å². The van der Waals surface area contributed by atoms with Crippen LogP contribution in [0.4, 0.5) is 18.9 Å². The van der Waals surface area contributed by atoms with Crippen molar-refractivity contribution in [1.82, 2.24) is 4.70 Å². The molecule has 4 N–H and O–H groups in total. The van der Waals surface area contributed by atoms with Crippen LogP contribution in [0.5, 0.6) is 0 Å². The summed E-state index contributed by atoms with van der Waals surface area (Å²) >= 11 is 2.00. The van der Waals surface area contributed by atoms with Gasteiger partial charge in [-0.2, -0.15) is 24.9 Å². The molecule has 0 fully saturated rings. The molecule has 1 rings (SSSR count). The van der Waals surface area contributed by atoms with Gasteiger partial charge in [-0.25, -0.2) is 0 Å². The molecule has 0 unspecified atom stereocenters. The van der Waals surface area contributed by atoms with Crippen molar-refractivity contribution in [3.05, 3.63) is 33.9 Å². The Morgan fingerprint density at radius 1 is 1.33 bits per heavy atom. The van der Waals surface area contributed by atoms with Crippen LogP contribution >= 0.6 is 22.6 Å². The lowest BCUT2D eigenvalue weighted by Crippen LogP contribution is -2.58. The molecule has 0 heterocycles. The molecular weight excluding hydrogens is 358 g/mol. The van der Waals surface area contributed by atoms with Crippen LogP contribution < -0.4 is 16.4 Å². The van der Waals surface area contributed by atoms with E-state index in [0.717, 1.165) is 3.57 Å². The highest BCUT2D eigenvalue weighted by molar-refractivity contribution is 14.1. The number of quaternary nitrogens is 1. The molecule has 7 heteroatoms. The molecule has 0 atom stereocenters. The van der Waals surface area contributed by atoms with Gasteiger partial charge in [0.05, 0.1) is 6.42 Å². The standard InChI is InChI=1S/C11H14F3IN3/c1-7(6-11(12,13)14)8-3-9(15)5-10(4-8)18(2,16)17/h3-5H,1,6,16-17H2,2H3/q+1. The lowest BCUT2D eigenvalue weighted by atomic mass is 10.0. The maximum Gasteiger partial charge on any atom is 0.393 e. The molecule has 3 nitrogen and oxygen atoms in total. The van der Waals surface area contributed by atoms with E-state index in [1.54, 1.807) is 12.1 Å². The van der Waals surface area contributed by atoms with E-state index in [4.69, 9.17) is 11.7 Å². The van der Waals surface area contributed by atoms with Crippen LogP contribution in [0.3, 0.4) is 0 Å². The number of hydrogen-bond acceptors (Lipinski definition) is 2. The first kappa shape index (κ1) is 15.4. The van der Waals surface area contributed by atoms with Gasteiger partial charge in [0.25, 0.3) is 0 Å². The van der Waals surface area contributed by atoms with Gasteiger partial charge < -0.3 is 0 Å². The quantitative estimate of drug-likeness (QED) is 0.371. The third-order valence-electron chi connectivity index (χ3n) is 2.26. The van der Waals surface area contributed by atoms with Crippen LogP contribution in [0.2, 0.25) is 0 Å². The van der Waals surface area contributed by atoms with E-state index < -0.39 is 17.3 Å². The molecular formula is C11H14F3IN3+. The summed E-state index contributed by atoms with van der Waals surface area (Å²) in [5.41, 5.74) is 0.908. The molecule has 0 aromatic heterocycles. The van der Waals surface area contributed by atoms with Crippen LogP contribution in [0.15, 0.2) is 24.8 Å². The monoisotopic (exact) mass is 372 g/mol. The van der Waals surface area contributed by atoms with E-state index in [1.807, 2.05) is 22.6 Å². The molecule has 1 aromatic rings. The van der Waals surface area contributed by atoms with E-state index in [1.165, 1.54) is 13.1 Å². The van der Waals surface area contributed by atoms with E-state index in [2.05, 4.69) is 6.58 Å². The normalized spacial score (nSPS) is 12.6. The second kappa shape index (κ2) is 5.16. The van der Waals surface area contributed by atoms with E-state index in [9.17, 15) is 13.2 Å². The van der Waals surface area contributed by atoms with Crippen LogP contribution in [0, 0.1) is 3.57 Å². The largest absolute Gasteiger partial charge is 0.393 e. The topological polar surface area (TPSA) is 52.0 Å². The third kappa shape index (κ3) is 4.56. The molecule has 0 aliphatic carbocycles. The Labute approximate surface area is 117 Å². The highest BCUT2D eigenvalue weighted by Gasteiger charge is 2.29. The van der Waals surface area contributed by atoms with Crippen molar-refractivity contribution >= 4 is 33.9 Å². The minimum absolute atomic E-state index is 0.00397. The van der Waals surface area contributed by atoms with Crippen molar-refractivity contribution < 1.29 is 13.2 Å². The van der Waals surface area contributed by atoms with Gasteiger partial charge >= 0.3 is 6.18 Å². The zero-order valence-corrected chi connectivity index (χ0v) is 11.9. The first-order valence-electron chi connectivity index (χ1n) is 4.99. The predicted octanol–water partition coefficient (Wildman–Crippen LogP) is 2.94. The Bertz CT molecular complexity index is 464. The fourth-order valence-electron chi connectivity index (χ4n) is 1.40. The maximum atomic E-state index is 12.3. The van der Waals surface area contributed by atoms with Crippen molar-refractivity contribution in [2.24, 2.45) is 11.7 Å². The Morgan fingerprint density at radius 2 is 1.89 bits per heavy atom. The summed E-state index contributed by atoms with van der Waals surface area (Å²) < 4.78 is 37.2. The molecule has 0 spiro atoms. The predicted molar refractivity (Wildman–Crippen MR) is 75.0 cm³/mol. The second-order valence-corrected chi connectivity index (χ2v) is 5.49. The fraction of sp³-hybridized carbons (Fsp3) is 0.273. The lowest BCUT2D eigenvalue weighted by molar-refractivity contribution is -0.122. The van der Waals surface area contributed by atoms with Crippen LogP contribution in [-0.2, 0) is 0 Å². The number of rotatable bonds is 3. The molecule has 18 heavy (non-hydrogen) atoms. The van der Waals surface area contributed by atoms with Gasteiger partial charge in [0.15, 0.2) is 5.69 Å². The molecule has 0 aliphatic rings. The fourth-order valence-corrected chi connectivity index (χ4v) is 2.06. The Morgan fingerprint density at radius 3 is 2.33 bits per heavy atom. The third-order valence-corrected chi connectivity index (χ3v) is 2.88. The molecule has 0 bridgehead atoms. The van der Waals surface area contributed by atoms with Gasteiger partial charge in [-0.3, -0.25) is 0 Å². The number of nitrogens with two attached hydrogens (primary N) is 2. The first-order valence-corrected chi connectivity index (χ1v) is 6.06. The average molecular weight is 372 g/mol. The van der Waals surface area contributed by atoms with Gasteiger partial charge in [-0.05, 0) is 39.8 Å². The summed E-state index contributed by atoms with van der Waals surface area (Å²) in [5.74, 6) is 11.4. The van der Waals surface area contributed by atoms with Crippen LogP contribution in [0.1, 0.15) is 12.0 Å². The van der Waals surface area contributed by atoms with Gasteiger partial charge in [-0.15, -0.1) is 4.70 Å². The summed E-state index contributed by atoms with van der Waals surface area (Å²) in [7, 11) is 1.53. The summed E-state index contributed by atoms with van der Waals surface area (Å²) in [5, 5.41) is 0. The number of benzene rings is 1. The van der Waals surface area contributed by atoms with Crippen molar-refractivity contribution in [2.75, 3.05) is 7.05 Å². The van der Waals surface area contributed by atoms with Crippen molar-refractivity contribution in [3.63, 3.8) is 0 Å². The lowest BCUT2D eigenvalue weighted by Gasteiger charge is -2.21. The highest BCUT2D eigenvalue weighted by Crippen LogP contribution is 2.31. The van der Waals surface area contributed by atoms with E-state index in [0.29, 0.717) is 11.3 Å². The first-order chi connectivity index (χ1) is 7.99. The minimum atomic E-state index is -4.28. The van der Waals surface area contributed by atoms with Gasteiger partial charge in [0.1, 0.15) is 7.05 Å². The zero-order chi connectivity index (χ0) is 14.1. The number of halogens is 4. The second-order valence-electron chi connectivity index (χ2n) is 4.24. The molecule has 0 saturated heterocycles. The van der Waals surface area contributed by atoms with E-state index >= 15 is 0 Å². The number of alkyl halides is 3. The maximum absolute atomic E-state index is 12.3. The minimum Gasteiger partial charge on any atom is -0.171 e. The van der Waals surface area contributed by atoms with Gasteiger partial charge in [0, 0.05) is 15.7 Å². The summed E-state index contributed by atoms with van der Waals surface area (Å²) in [6.45, 7) is 3.46. The van der Waals surface area contributed by atoms with Gasteiger partial charge in [0.2, 0.25) is 0 Å². The SMILES string of the molecule is C=C(CC(F)(F)F)c1cc(I)cc([N+](C)(N)N)c1. The Hall–Kier alpha value is -0.640. The molecule has 0 radical (unpaired) electrons. The van der Waals surface area contributed by atoms with Gasteiger partial charge in [-0.1, -0.05) is 6.58 Å². The number of hydrogen-bond donors (Lipinski definition) is 2. The summed E-state index contributed by atoms with van der Waals surface area (Å²) in [6.07, 6.45) is -5.33. The van der Waals surface area contributed by atoms with Crippen molar-refractivity contribution in [1.29, 1.82) is 0 Å². The van der Waals surface area contributed by atoms with Crippen LogP contribution in [0.25, 0.3) is 5.57 Å². The molecule has 0 saturated carbocycles.